The van der Waals surface area contributed by atoms with Gasteiger partial charge >= 0.3 is 0 Å². The number of non-ortho nitro benzene ring substituents is 1. The molecule has 0 aliphatic rings. The molecule has 3 aromatic carbocycles. The molecular weight excluding hydrogens is 444 g/mol. The number of nitrogens with one attached hydrogen (secondary N) is 1. The molecule has 0 aliphatic carbocycles. The van der Waals surface area contributed by atoms with Crippen molar-refractivity contribution >= 4 is 28.0 Å². The highest BCUT2D eigenvalue weighted by atomic mass is 16.6. The van der Waals surface area contributed by atoms with Gasteiger partial charge in [-0.2, -0.15) is 0 Å². The number of aromatic hydroxyl groups is 1. The molecule has 1 aromatic heterocycles. The van der Waals surface area contributed by atoms with Crippen molar-refractivity contribution < 1.29 is 15.1 Å². The maximum absolute atomic E-state index is 11.4. The Morgan fingerprint density at radius 3 is 2.46 bits per heavy atom. The van der Waals surface area contributed by atoms with Crippen molar-refractivity contribution in [2.24, 2.45) is 4.99 Å². The molecule has 8 heteroatoms. The van der Waals surface area contributed by atoms with Crippen LogP contribution >= 0.6 is 0 Å². The lowest BCUT2D eigenvalue weighted by atomic mass is 10.0. The standard InChI is InChI=1S/C27H28N4O4/c1-2-30(16-17-32)15-14-19-8-10-21(11-9-19)28-26(20-6-4-3-5-7-20)25-23-18-22(31(34)35)12-13-24(23)29-27(25)33/h3-13,18,29,32-33H,2,14-17H2,1H3. The van der Waals surface area contributed by atoms with Gasteiger partial charge < -0.3 is 20.1 Å². The summed E-state index contributed by atoms with van der Waals surface area (Å²) in [6.07, 6.45) is 0.857. The van der Waals surface area contributed by atoms with Gasteiger partial charge in [0.1, 0.15) is 0 Å². The number of rotatable bonds is 10. The number of hydrogen-bond acceptors (Lipinski definition) is 6. The molecule has 0 aliphatic heterocycles. The van der Waals surface area contributed by atoms with E-state index in [0.717, 1.165) is 30.6 Å². The molecule has 0 saturated carbocycles. The number of aromatic amines is 1. The van der Waals surface area contributed by atoms with Gasteiger partial charge in [-0.15, -0.1) is 0 Å². The van der Waals surface area contributed by atoms with Crippen LogP contribution in [0.1, 0.15) is 23.6 Å². The molecule has 4 aromatic rings. The Morgan fingerprint density at radius 2 is 1.80 bits per heavy atom. The summed E-state index contributed by atoms with van der Waals surface area (Å²) in [5, 5.41) is 31.8. The largest absolute Gasteiger partial charge is 0.494 e. The third kappa shape index (κ3) is 5.56. The summed E-state index contributed by atoms with van der Waals surface area (Å²) in [6, 6.07) is 21.8. The Bertz CT molecular complexity index is 1330. The van der Waals surface area contributed by atoms with Crippen LogP contribution in [-0.4, -0.2) is 57.0 Å². The van der Waals surface area contributed by atoms with Gasteiger partial charge in [0, 0.05) is 41.7 Å². The molecule has 0 fully saturated rings. The zero-order valence-corrected chi connectivity index (χ0v) is 19.5. The molecule has 8 nitrogen and oxygen atoms in total. The molecule has 1 heterocycles. The normalized spacial score (nSPS) is 11.9. The van der Waals surface area contributed by atoms with Gasteiger partial charge in [0.05, 0.1) is 28.5 Å². The Labute approximate surface area is 203 Å². The maximum atomic E-state index is 11.4. The van der Waals surface area contributed by atoms with Crippen LogP contribution in [0.3, 0.4) is 0 Å². The molecular formula is C27H28N4O4. The maximum Gasteiger partial charge on any atom is 0.270 e. The number of nitro benzene ring substituents is 1. The second kappa shape index (κ2) is 10.9. The van der Waals surface area contributed by atoms with E-state index in [0.29, 0.717) is 34.4 Å². The summed E-state index contributed by atoms with van der Waals surface area (Å²) in [5.41, 5.74) is 4.11. The number of nitro groups is 1. The van der Waals surface area contributed by atoms with E-state index in [1.807, 2.05) is 54.6 Å². The van der Waals surface area contributed by atoms with Crippen molar-refractivity contribution in [3.05, 3.63) is 99.6 Å². The van der Waals surface area contributed by atoms with Crippen LogP contribution in [-0.2, 0) is 6.42 Å². The number of aliphatic imine (C=N–C) groups is 1. The van der Waals surface area contributed by atoms with Crippen LogP contribution in [0.5, 0.6) is 5.88 Å². The first kappa shape index (κ1) is 24.1. The highest BCUT2D eigenvalue weighted by Gasteiger charge is 2.20. The lowest BCUT2D eigenvalue weighted by Gasteiger charge is -2.18. The van der Waals surface area contributed by atoms with Crippen LogP contribution in [0.15, 0.2) is 77.8 Å². The molecule has 180 valence electrons. The molecule has 35 heavy (non-hydrogen) atoms. The minimum absolute atomic E-state index is 0.0585. The summed E-state index contributed by atoms with van der Waals surface area (Å²) in [4.78, 5) is 20.9. The van der Waals surface area contributed by atoms with Gasteiger partial charge in [-0.05, 0) is 36.7 Å². The van der Waals surface area contributed by atoms with Crippen molar-refractivity contribution in [1.82, 2.24) is 9.88 Å². The average molecular weight is 473 g/mol. The third-order valence-corrected chi connectivity index (χ3v) is 6.01. The number of hydrogen-bond donors (Lipinski definition) is 3. The fourth-order valence-electron chi connectivity index (χ4n) is 4.10. The summed E-state index contributed by atoms with van der Waals surface area (Å²) in [5.74, 6) is -0.0942. The van der Waals surface area contributed by atoms with Crippen molar-refractivity contribution in [2.75, 3.05) is 26.2 Å². The SMILES string of the molecule is CCN(CCO)CCc1ccc(N=C(c2ccccc2)c2c(O)[nH]c3ccc([N+](=O)[O-])cc23)cc1. The van der Waals surface area contributed by atoms with Gasteiger partial charge in [-0.3, -0.25) is 10.1 Å². The number of aromatic nitrogens is 1. The van der Waals surface area contributed by atoms with Crippen LogP contribution in [0.2, 0.25) is 0 Å². The molecule has 3 N–H and O–H groups in total. The lowest BCUT2D eigenvalue weighted by Crippen LogP contribution is -2.28. The van der Waals surface area contributed by atoms with Crippen LogP contribution in [0, 0.1) is 10.1 Å². The fourth-order valence-corrected chi connectivity index (χ4v) is 4.10. The first-order chi connectivity index (χ1) is 17.0. The molecule has 0 atom stereocenters. The van der Waals surface area contributed by atoms with E-state index in [-0.39, 0.29) is 18.2 Å². The summed E-state index contributed by atoms with van der Waals surface area (Å²) >= 11 is 0. The van der Waals surface area contributed by atoms with E-state index < -0.39 is 4.92 Å². The van der Waals surface area contributed by atoms with Crippen molar-refractivity contribution in [2.45, 2.75) is 13.3 Å². The number of benzene rings is 3. The van der Waals surface area contributed by atoms with E-state index in [9.17, 15) is 20.3 Å². The van der Waals surface area contributed by atoms with Crippen LogP contribution in [0.4, 0.5) is 11.4 Å². The zero-order valence-electron chi connectivity index (χ0n) is 19.5. The molecule has 0 saturated heterocycles. The first-order valence-electron chi connectivity index (χ1n) is 11.6. The van der Waals surface area contributed by atoms with Gasteiger partial charge in [-0.25, -0.2) is 4.99 Å². The van der Waals surface area contributed by atoms with Crippen LogP contribution in [0.25, 0.3) is 10.9 Å². The number of aliphatic hydroxyl groups excluding tert-OH is 1. The van der Waals surface area contributed by atoms with E-state index in [2.05, 4.69) is 16.8 Å². The van der Waals surface area contributed by atoms with Gasteiger partial charge in [0.15, 0.2) is 5.88 Å². The minimum atomic E-state index is -0.453. The third-order valence-electron chi connectivity index (χ3n) is 6.01. The van der Waals surface area contributed by atoms with E-state index in [4.69, 9.17) is 4.99 Å². The predicted octanol–water partition coefficient (Wildman–Crippen LogP) is 4.81. The number of fused-ring (bicyclic) bond motifs is 1. The topological polar surface area (TPSA) is 115 Å². The Morgan fingerprint density at radius 1 is 1.06 bits per heavy atom. The first-order valence-corrected chi connectivity index (χ1v) is 11.6. The number of aliphatic hydroxyl groups is 1. The summed E-state index contributed by atoms with van der Waals surface area (Å²) in [7, 11) is 0. The van der Waals surface area contributed by atoms with E-state index in [1.54, 1.807) is 6.07 Å². The van der Waals surface area contributed by atoms with Crippen molar-refractivity contribution in [3.8, 4) is 5.88 Å². The Hall–Kier alpha value is -4.01. The van der Waals surface area contributed by atoms with Crippen molar-refractivity contribution in [1.29, 1.82) is 0 Å². The van der Waals surface area contributed by atoms with Crippen molar-refractivity contribution in [3.63, 3.8) is 0 Å². The molecule has 0 bridgehead atoms. The second-order valence-electron chi connectivity index (χ2n) is 8.24. The lowest BCUT2D eigenvalue weighted by molar-refractivity contribution is -0.384. The van der Waals surface area contributed by atoms with Crippen LogP contribution < -0.4 is 0 Å². The second-order valence-corrected chi connectivity index (χ2v) is 8.24. The van der Waals surface area contributed by atoms with Gasteiger partial charge in [0.25, 0.3) is 5.69 Å². The van der Waals surface area contributed by atoms with E-state index >= 15 is 0 Å². The zero-order chi connectivity index (χ0) is 24.8. The fraction of sp³-hybridized carbons (Fsp3) is 0.222. The smallest absolute Gasteiger partial charge is 0.270 e. The predicted molar refractivity (Wildman–Crippen MR) is 138 cm³/mol. The Balaban J connectivity index is 1.73. The summed E-state index contributed by atoms with van der Waals surface area (Å²) in [6.45, 7) is 4.62. The average Bonchev–Trinajstić information content (AvgIpc) is 3.21. The quantitative estimate of drug-likeness (QED) is 0.174. The van der Waals surface area contributed by atoms with Gasteiger partial charge in [0.2, 0.25) is 0 Å². The van der Waals surface area contributed by atoms with E-state index in [1.165, 1.54) is 12.1 Å². The monoisotopic (exact) mass is 472 g/mol. The molecule has 4 rings (SSSR count). The Kier molecular flexibility index (Phi) is 7.54. The highest BCUT2D eigenvalue weighted by Crippen LogP contribution is 2.33. The molecule has 0 spiro atoms. The number of likely N-dealkylation sites (N-methyl/N-ethyl adjacent to an activating group) is 1. The minimum Gasteiger partial charge on any atom is -0.494 e. The highest BCUT2D eigenvalue weighted by molar-refractivity contribution is 6.22. The summed E-state index contributed by atoms with van der Waals surface area (Å²) < 4.78 is 0. The number of nitrogens with zero attached hydrogens (tertiary/aromatic N) is 3. The molecule has 0 unspecified atom stereocenters. The number of H-pyrrole nitrogens is 1. The molecule has 0 amide bonds. The van der Waals surface area contributed by atoms with Gasteiger partial charge in [-0.1, -0.05) is 49.4 Å². The molecule has 0 radical (unpaired) electrons.